The number of nitrogens with zero attached hydrogens (tertiary/aromatic N) is 5. The molecule has 0 saturated carbocycles. The predicted octanol–water partition coefficient (Wildman–Crippen LogP) is 2.02. The van der Waals surface area contributed by atoms with Gasteiger partial charge in [0, 0.05) is 43.6 Å². The van der Waals surface area contributed by atoms with Crippen molar-refractivity contribution in [2.45, 2.75) is 39.2 Å². The minimum atomic E-state index is 0.00464. The topological polar surface area (TPSA) is 63.9 Å². The SMILES string of the molecule is CCCn1ccc(C(=O)N2CCC(c3nccc(C)n3)C2)n1. The fraction of sp³-hybridized carbons (Fsp3) is 0.500. The summed E-state index contributed by atoms with van der Waals surface area (Å²) >= 11 is 0. The van der Waals surface area contributed by atoms with E-state index in [1.807, 2.05) is 28.8 Å². The summed E-state index contributed by atoms with van der Waals surface area (Å²) in [6, 6.07) is 3.69. The number of carbonyl (C=O) groups excluding carboxylic acids is 1. The second-order valence-electron chi connectivity index (χ2n) is 5.76. The number of rotatable bonds is 4. The van der Waals surface area contributed by atoms with E-state index in [4.69, 9.17) is 0 Å². The third-order valence-electron chi connectivity index (χ3n) is 3.97. The van der Waals surface area contributed by atoms with Crippen LogP contribution in [0.1, 0.15) is 47.7 Å². The molecule has 3 heterocycles. The molecule has 0 aliphatic carbocycles. The quantitative estimate of drug-likeness (QED) is 0.866. The molecule has 0 radical (unpaired) electrons. The van der Waals surface area contributed by atoms with E-state index in [9.17, 15) is 4.79 Å². The molecule has 1 saturated heterocycles. The predicted molar refractivity (Wildman–Crippen MR) is 82.5 cm³/mol. The molecule has 0 aromatic carbocycles. The Bertz CT molecular complexity index is 666. The number of carbonyl (C=O) groups is 1. The molecular formula is C16H21N5O. The lowest BCUT2D eigenvalue weighted by molar-refractivity contribution is 0.0783. The third-order valence-corrected chi connectivity index (χ3v) is 3.97. The van der Waals surface area contributed by atoms with Gasteiger partial charge in [0.25, 0.3) is 5.91 Å². The zero-order chi connectivity index (χ0) is 15.5. The van der Waals surface area contributed by atoms with Gasteiger partial charge < -0.3 is 4.90 Å². The highest BCUT2D eigenvalue weighted by atomic mass is 16.2. The van der Waals surface area contributed by atoms with Gasteiger partial charge in [-0.3, -0.25) is 9.48 Å². The van der Waals surface area contributed by atoms with E-state index in [1.165, 1.54) is 0 Å². The fourth-order valence-electron chi connectivity index (χ4n) is 2.81. The van der Waals surface area contributed by atoms with Gasteiger partial charge in [-0.05, 0) is 31.9 Å². The summed E-state index contributed by atoms with van der Waals surface area (Å²) < 4.78 is 1.82. The van der Waals surface area contributed by atoms with Crippen molar-refractivity contribution >= 4 is 5.91 Å². The summed E-state index contributed by atoms with van der Waals surface area (Å²) in [7, 11) is 0. The molecular weight excluding hydrogens is 278 g/mol. The smallest absolute Gasteiger partial charge is 0.274 e. The lowest BCUT2D eigenvalue weighted by Crippen LogP contribution is -2.29. The van der Waals surface area contributed by atoms with Crippen LogP contribution in [0.4, 0.5) is 0 Å². The first-order chi connectivity index (χ1) is 10.7. The van der Waals surface area contributed by atoms with Crippen molar-refractivity contribution in [2.75, 3.05) is 13.1 Å². The molecule has 1 atom stereocenters. The van der Waals surface area contributed by atoms with Gasteiger partial charge in [-0.1, -0.05) is 6.92 Å². The Labute approximate surface area is 130 Å². The summed E-state index contributed by atoms with van der Waals surface area (Å²) in [4.78, 5) is 23.2. The molecule has 1 unspecified atom stereocenters. The highest BCUT2D eigenvalue weighted by molar-refractivity contribution is 5.92. The first-order valence-electron chi connectivity index (χ1n) is 7.79. The lowest BCUT2D eigenvalue weighted by atomic mass is 10.1. The van der Waals surface area contributed by atoms with Crippen molar-refractivity contribution in [2.24, 2.45) is 0 Å². The highest BCUT2D eigenvalue weighted by Gasteiger charge is 2.30. The van der Waals surface area contributed by atoms with Crippen LogP contribution in [0.5, 0.6) is 0 Å². The van der Waals surface area contributed by atoms with Crippen LogP contribution in [0, 0.1) is 6.92 Å². The molecule has 0 N–H and O–H groups in total. The first-order valence-corrected chi connectivity index (χ1v) is 7.79. The van der Waals surface area contributed by atoms with Crippen LogP contribution in [-0.4, -0.2) is 43.6 Å². The maximum absolute atomic E-state index is 12.5. The highest BCUT2D eigenvalue weighted by Crippen LogP contribution is 2.25. The van der Waals surface area contributed by atoms with E-state index in [0.29, 0.717) is 12.2 Å². The maximum Gasteiger partial charge on any atom is 0.274 e. The number of aryl methyl sites for hydroxylation is 2. The van der Waals surface area contributed by atoms with E-state index in [2.05, 4.69) is 22.0 Å². The van der Waals surface area contributed by atoms with Gasteiger partial charge in [-0.15, -0.1) is 0 Å². The Balaban J connectivity index is 1.67. The molecule has 0 bridgehead atoms. The van der Waals surface area contributed by atoms with E-state index < -0.39 is 0 Å². The summed E-state index contributed by atoms with van der Waals surface area (Å²) in [5, 5.41) is 4.35. The molecule has 1 fully saturated rings. The molecule has 2 aromatic heterocycles. The van der Waals surface area contributed by atoms with Gasteiger partial charge in [0.1, 0.15) is 11.5 Å². The van der Waals surface area contributed by atoms with Crippen LogP contribution in [0.25, 0.3) is 0 Å². The molecule has 6 heteroatoms. The van der Waals surface area contributed by atoms with Gasteiger partial charge in [-0.2, -0.15) is 5.10 Å². The van der Waals surface area contributed by atoms with E-state index >= 15 is 0 Å². The van der Waals surface area contributed by atoms with Crippen LogP contribution in [0.3, 0.4) is 0 Å². The zero-order valence-electron chi connectivity index (χ0n) is 13.1. The van der Waals surface area contributed by atoms with Crippen molar-refractivity contribution < 1.29 is 4.79 Å². The number of aromatic nitrogens is 4. The number of hydrogen-bond acceptors (Lipinski definition) is 4. The van der Waals surface area contributed by atoms with Crippen molar-refractivity contribution in [1.29, 1.82) is 0 Å². The summed E-state index contributed by atoms with van der Waals surface area (Å²) in [5.41, 5.74) is 1.49. The average Bonchev–Trinajstić information content (AvgIpc) is 3.16. The molecule has 1 aliphatic rings. The number of amides is 1. The average molecular weight is 299 g/mol. The summed E-state index contributed by atoms with van der Waals surface area (Å²) in [6.45, 7) is 6.30. The Morgan fingerprint density at radius 1 is 1.41 bits per heavy atom. The number of likely N-dealkylation sites (tertiary alicyclic amines) is 1. The largest absolute Gasteiger partial charge is 0.336 e. The Kier molecular flexibility index (Phi) is 4.18. The molecule has 0 spiro atoms. The van der Waals surface area contributed by atoms with Crippen molar-refractivity contribution in [3.8, 4) is 0 Å². The van der Waals surface area contributed by atoms with Crippen LogP contribution in [0.15, 0.2) is 24.5 Å². The van der Waals surface area contributed by atoms with Crippen molar-refractivity contribution in [3.05, 3.63) is 41.7 Å². The maximum atomic E-state index is 12.5. The van der Waals surface area contributed by atoms with Gasteiger partial charge in [0.2, 0.25) is 0 Å². The minimum Gasteiger partial charge on any atom is -0.336 e. The summed E-state index contributed by atoms with van der Waals surface area (Å²) in [5.74, 6) is 1.07. The molecule has 1 aliphatic heterocycles. The Morgan fingerprint density at radius 3 is 3.05 bits per heavy atom. The molecule has 3 rings (SSSR count). The normalized spacial score (nSPS) is 17.9. The molecule has 22 heavy (non-hydrogen) atoms. The van der Waals surface area contributed by atoms with Gasteiger partial charge in [0.05, 0.1) is 0 Å². The van der Waals surface area contributed by atoms with Crippen molar-refractivity contribution in [1.82, 2.24) is 24.6 Å². The standard InChI is InChI=1S/C16H21N5O/c1-3-8-21-10-6-14(19-21)16(22)20-9-5-13(11-20)15-17-7-4-12(2)18-15/h4,6-7,10,13H,3,5,8-9,11H2,1-2H3. The lowest BCUT2D eigenvalue weighted by Gasteiger charge is -2.14. The Hall–Kier alpha value is -2.24. The van der Waals surface area contributed by atoms with Gasteiger partial charge in [-0.25, -0.2) is 9.97 Å². The number of hydrogen-bond donors (Lipinski definition) is 0. The minimum absolute atomic E-state index is 0.00464. The molecule has 2 aromatic rings. The van der Waals surface area contributed by atoms with E-state index in [-0.39, 0.29) is 11.8 Å². The van der Waals surface area contributed by atoms with Crippen LogP contribution in [-0.2, 0) is 6.54 Å². The second-order valence-corrected chi connectivity index (χ2v) is 5.76. The van der Waals surface area contributed by atoms with Gasteiger partial charge >= 0.3 is 0 Å². The fourth-order valence-corrected chi connectivity index (χ4v) is 2.81. The second kappa shape index (κ2) is 6.25. The monoisotopic (exact) mass is 299 g/mol. The van der Waals surface area contributed by atoms with Crippen molar-refractivity contribution in [3.63, 3.8) is 0 Å². The van der Waals surface area contributed by atoms with Crippen LogP contribution >= 0.6 is 0 Å². The van der Waals surface area contributed by atoms with Gasteiger partial charge in [0.15, 0.2) is 0 Å². The summed E-state index contributed by atoms with van der Waals surface area (Å²) in [6.07, 6.45) is 5.57. The molecule has 1 amide bonds. The van der Waals surface area contributed by atoms with Crippen LogP contribution in [0.2, 0.25) is 0 Å². The van der Waals surface area contributed by atoms with E-state index in [1.54, 1.807) is 12.3 Å². The van der Waals surface area contributed by atoms with E-state index in [0.717, 1.165) is 37.4 Å². The molecule has 116 valence electrons. The Morgan fingerprint density at radius 2 is 2.27 bits per heavy atom. The zero-order valence-corrected chi connectivity index (χ0v) is 13.1. The first kappa shape index (κ1) is 14.7. The third kappa shape index (κ3) is 3.00. The van der Waals surface area contributed by atoms with Crippen LogP contribution < -0.4 is 0 Å². The molecule has 6 nitrogen and oxygen atoms in total.